The largest absolute Gasteiger partial charge is 0.469 e. The highest BCUT2D eigenvalue weighted by atomic mass is 19.1. The molecule has 0 atom stereocenters. The second-order valence-corrected chi connectivity index (χ2v) is 18.4. The number of ether oxygens (including phenoxy) is 2. The highest BCUT2D eigenvalue weighted by Gasteiger charge is 2.31. The number of nitrogens with one attached hydrogen (secondary N) is 2. The molecule has 3 saturated heterocycles. The van der Waals surface area contributed by atoms with Crippen LogP contribution in [0.5, 0.6) is 0 Å². The number of likely N-dealkylation sites (tertiary alicyclic amines) is 2. The molecule has 4 fully saturated rings. The van der Waals surface area contributed by atoms with Crippen molar-refractivity contribution in [3.8, 4) is 0 Å². The molecule has 0 bridgehead atoms. The SMILES string of the molecule is C1CCCCC1.C=O.CC.CC.CC.CC.CCC.CCC.COC(=O)CCCCNCC(=O)N1CCC(OC2CCN(CC(=O)N3CCN(C(=O)c4cc(Cc5n[nH]c(=O)c6c5=CCCC=6)ccc4F)CC3)CC2)CC1. The first-order valence-corrected chi connectivity index (χ1v) is 29.9. The second-order valence-electron chi connectivity index (χ2n) is 18.4. The molecule has 2 aliphatic carbocycles. The first kappa shape index (κ1) is 74.3. The molecule has 4 heterocycles. The minimum absolute atomic E-state index is 0.00987. The summed E-state index contributed by atoms with van der Waals surface area (Å²) in [5.41, 5.74) is 1.16. The Morgan fingerprint density at radius 2 is 1.17 bits per heavy atom. The van der Waals surface area contributed by atoms with E-state index in [1.165, 1.54) is 64.5 Å². The fraction of sp³-hybridized carbons (Fsp3) is 0.721. The van der Waals surface area contributed by atoms with Crippen LogP contribution in [-0.4, -0.2) is 152 Å². The predicted octanol–water partition coefficient (Wildman–Crippen LogP) is 9.64. The van der Waals surface area contributed by atoms with Gasteiger partial charge in [0.05, 0.1) is 43.7 Å². The van der Waals surface area contributed by atoms with E-state index in [1.807, 2.05) is 79.2 Å². The second kappa shape index (κ2) is 48.3. The van der Waals surface area contributed by atoms with Crippen LogP contribution in [0.3, 0.4) is 0 Å². The Morgan fingerprint density at radius 3 is 1.69 bits per heavy atom. The lowest BCUT2D eigenvalue weighted by atomic mass is 10.0. The van der Waals surface area contributed by atoms with Gasteiger partial charge in [0.25, 0.3) is 11.5 Å². The average Bonchev–Trinajstić information content (AvgIpc) is 3.49. The van der Waals surface area contributed by atoms with Crippen molar-refractivity contribution in [2.24, 2.45) is 0 Å². The van der Waals surface area contributed by atoms with Crippen molar-refractivity contribution in [3.63, 3.8) is 0 Å². The number of hydrogen-bond acceptors (Lipinski definition) is 11. The van der Waals surface area contributed by atoms with E-state index in [9.17, 15) is 28.4 Å². The Balaban J connectivity index is 0. The van der Waals surface area contributed by atoms with E-state index in [1.54, 1.807) is 21.9 Å². The number of methoxy groups -OCH3 is 1. The molecule has 16 heteroatoms. The van der Waals surface area contributed by atoms with Gasteiger partial charge in [-0.1, -0.05) is 153 Å². The lowest BCUT2D eigenvalue weighted by Crippen LogP contribution is -2.53. The van der Waals surface area contributed by atoms with E-state index in [-0.39, 0.29) is 41.1 Å². The summed E-state index contributed by atoms with van der Waals surface area (Å²) >= 11 is 0. The third kappa shape index (κ3) is 29.7. The van der Waals surface area contributed by atoms with Gasteiger partial charge in [-0.05, 0) is 75.6 Å². The molecule has 3 amide bonds. The molecule has 2 aromatic rings. The van der Waals surface area contributed by atoms with Crippen molar-refractivity contribution in [2.45, 2.75) is 211 Å². The third-order valence-electron chi connectivity index (χ3n) is 12.6. The van der Waals surface area contributed by atoms with E-state index in [4.69, 9.17) is 9.53 Å². The summed E-state index contributed by atoms with van der Waals surface area (Å²) in [4.78, 5) is 78.2. The molecule has 0 radical (unpaired) electrons. The van der Waals surface area contributed by atoms with Gasteiger partial charge in [0.1, 0.15) is 12.6 Å². The van der Waals surface area contributed by atoms with Crippen LogP contribution in [0.25, 0.3) is 12.2 Å². The number of fused-ring (bicyclic) bond motifs is 1. The summed E-state index contributed by atoms with van der Waals surface area (Å²) in [7, 11) is 1.38. The molecular formula is C61H108FN7O8. The molecule has 15 nitrogen and oxygen atoms in total. The van der Waals surface area contributed by atoms with Crippen molar-refractivity contribution >= 4 is 42.6 Å². The number of carbonyl (C=O) groups is 5. The number of amides is 3. The molecule has 0 spiro atoms. The Hall–Kier alpha value is -4.80. The summed E-state index contributed by atoms with van der Waals surface area (Å²) in [5, 5.41) is 11.4. The maximum absolute atomic E-state index is 15.0. The molecule has 1 aromatic carbocycles. The topological polar surface area (TPSA) is 175 Å². The van der Waals surface area contributed by atoms with Crippen LogP contribution in [0, 0.1) is 5.82 Å². The summed E-state index contributed by atoms with van der Waals surface area (Å²) < 4.78 is 26.0. The number of H-pyrrole nitrogens is 1. The lowest BCUT2D eigenvalue weighted by Gasteiger charge is -2.38. The lowest BCUT2D eigenvalue weighted by molar-refractivity contribution is -0.140. The maximum atomic E-state index is 15.0. The van der Waals surface area contributed by atoms with Gasteiger partial charge in [-0.25, -0.2) is 9.49 Å². The number of aromatic amines is 1. The summed E-state index contributed by atoms with van der Waals surface area (Å²) in [5.74, 6) is -1.10. The van der Waals surface area contributed by atoms with Gasteiger partial charge in [0.2, 0.25) is 11.8 Å². The normalized spacial score (nSPS) is 15.8. The molecule has 1 aromatic heterocycles. The number of esters is 1. The summed E-state index contributed by atoms with van der Waals surface area (Å²) in [6.45, 7) is 32.1. The van der Waals surface area contributed by atoms with E-state index in [0.29, 0.717) is 82.7 Å². The average molecular weight is 1090 g/mol. The van der Waals surface area contributed by atoms with Gasteiger partial charge in [-0.3, -0.25) is 28.9 Å². The molecular weight excluding hydrogens is 978 g/mol. The number of carbonyl (C=O) groups excluding carboxylic acids is 5. The number of unbranched alkanes of at least 4 members (excludes halogenated alkanes) is 1. The van der Waals surface area contributed by atoms with Crippen molar-refractivity contribution in [3.05, 3.63) is 61.6 Å². The Morgan fingerprint density at radius 1 is 0.688 bits per heavy atom. The third-order valence-corrected chi connectivity index (χ3v) is 12.6. The van der Waals surface area contributed by atoms with Crippen LogP contribution in [0.1, 0.15) is 214 Å². The summed E-state index contributed by atoms with van der Waals surface area (Å²) in [6.07, 6.45) is 22.9. The highest BCUT2D eigenvalue weighted by molar-refractivity contribution is 5.95. The smallest absolute Gasteiger partial charge is 0.305 e. The summed E-state index contributed by atoms with van der Waals surface area (Å²) in [6, 6.07) is 4.51. The monoisotopic (exact) mass is 1090 g/mol. The van der Waals surface area contributed by atoms with E-state index in [2.05, 4.69) is 52.8 Å². The number of hydrogen-bond donors (Lipinski definition) is 2. The molecule has 1 saturated carbocycles. The van der Waals surface area contributed by atoms with Gasteiger partial charge in [0.15, 0.2) is 0 Å². The predicted molar refractivity (Wildman–Crippen MR) is 315 cm³/mol. The minimum Gasteiger partial charge on any atom is -0.469 e. The van der Waals surface area contributed by atoms with E-state index < -0.39 is 11.7 Å². The zero-order valence-electron chi connectivity index (χ0n) is 50.6. The number of piperidine rings is 2. The van der Waals surface area contributed by atoms with Gasteiger partial charge in [-0.2, -0.15) is 5.10 Å². The van der Waals surface area contributed by atoms with Crippen LogP contribution in [0.4, 0.5) is 4.39 Å². The first-order valence-electron chi connectivity index (χ1n) is 29.9. The number of rotatable bonds is 14. The number of aromatic nitrogens is 2. The van der Waals surface area contributed by atoms with Gasteiger partial charge < -0.3 is 34.3 Å². The van der Waals surface area contributed by atoms with Crippen LogP contribution < -0.4 is 21.3 Å². The van der Waals surface area contributed by atoms with Gasteiger partial charge in [-0.15, -0.1) is 0 Å². The van der Waals surface area contributed by atoms with Crippen LogP contribution in [0.15, 0.2) is 23.0 Å². The maximum Gasteiger partial charge on any atom is 0.305 e. The minimum atomic E-state index is -0.595. The van der Waals surface area contributed by atoms with Crippen LogP contribution in [0.2, 0.25) is 0 Å². The molecule has 7 rings (SSSR count). The quantitative estimate of drug-likeness (QED) is 0.136. The molecule has 2 N–H and O–H groups in total. The first-order chi connectivity index (χ1) is 37.5. The number of benzene rings is 1. The van der Waals surface area contributed by atoms with Crippen molar-refractivity contribution < 1.29 is 37.8 Å². The molecule has 77 heavy (non-hydrogen) atoms. The fourth-order valence-electron chi connectivity index (χ4n) is 8.90. The van der Waals surface area contributed by atoms with E-state index in [0.717, 1.165) is 75.2 Å². The van der Waals surface area contributed by atoms with Crippen molar-refractivity contribution in [2.75, 3.05) is 79.1 Å². The number of piperazine rings is 1. The Bertz CT molecular complexity index is 2010. The Kier molecular flexibility index (Phi) is 46.6. The van der Waals surface area contributed by atoms with Crippen molar-refractivity contribution in [1.82, 2.24) is 35.1 Å². The molecule has 442 valence electrons. The van der Waals surface area contributed by atoms with Gasteiger partial charge >= 0.3 is 5.97 Å². The van der Waals surface area contributed by atoms with Gasteiger partial charge in [0, 0.05) is 75.6 Å². The standard InChI is InChI=1S/C40H54FN7O7.C6H12.2C3H8.4C2H6.CH2O/c1-54-38(51)8-4-5-15-42-26-36(49)46-18-13-30(14-19-46)55-29-11-16-45(17-12-29)27-37(50)47-20-22-48(23-21-47)40(53)33-24-28(9-10-34(33)41)25-35-31-6-2-3-7-32(31)39(52)44-43-35;1-2-4-6-5-3-1;2*1-3-2;5*1-2/h6-7,9-10,24,29-30,42H,2-5,8,11-23,25-27H2,1H3,(H,44,52);1-6H2;2*3H2,1-2H3;4*1-2H3;1H2. The zero-order valence-corrected chi connectivity index (χ0v) is 50.6. The number of halogens is 1. The van der Waals surface area contributed by atoms with Crippen LogP contribution >= 0.6 is 0 Å². The molecule has 0 unspecified atom stereocenters. The van der Waals surface area contributed by atoms with Crippen LogP contribution in [-0.2, 0) is 35.1 Å². The van der Waals surface area contributed by atoms with E-state index >= 15 is 0 Å². The highest BCUT2D eigenvalue weighted by Crippen LogP contribution is 2.22. The zero-order chi connectivity index (χ0) is 58.4. The number of nitrogens with zero attached hydrogens (tertiary/aromatic N) is 5. The van der Waals surface area contributed by atoms with Crippen molar-refractivity contribution in [1.29, 1.82) is 0 Å². The molecule has 5 aliphatic rings. The fourth-order valence-corrected chi connectivity index (χ4v) is 8.90. The Labute approximate surface area is 465 Å². The molecule has 3 aliphatic heterocycles.